The van der Waals surface area contributed by atoms with Crippen molar-refractivity contribution in [3.63, 3.8) is 0 Å². The maximum atomic E-state index is 3.48. The molecule has 0 bridgehead atoms. The molecule has 1 saturated carbocycles. The molecule has 1 aromatic heterocycles. The van der Waals surface area contributed by atoms with Crippen LogP contribution in [0.1, 0.15) is 49.1 Å². The lowest BCUT2D eigenvalue weighted by Gasteiger charge is -2.12. The van der Waals surface area contributed by atoms with Crippen molar-refractivity contribution in [2.75, 3.05) is 7.05 Å². The van der Waals surface area contributed by atoms with Crippen molar-refractivity contribution in [1.29, 1.82) is 0 Å². The Balaban J connectivity index is 1.82. The minimum absolute atomic E-state index is 0.559. The summed E-state index contributed by atoms with van der Waals surface area (Å²) in [7, 11) is 2.08. The number of nitrogens with one attached hydrogen (secondary N) is 1. The van der Waals surface area contributed by atoms with Gasteiger partial charge >= 0.3 is 0 Å². The van der Waals surface area contributed by atoms with E-state index in [0.29, 0.717) is 12.0 Å². The minimum atomic E-state index is 0.559. The first-order chi connectivity index (χ1) is 9.69. The van der Waals surface area contributed by atoms with Gasteiger partial charge in [0, 0.05) is 15.8 Å². The fraction of sp³-hybridized carbons (Fsp3) is 0.444. The molecule has 1 atom stereocenters. The van der Waals surface area contributed by atoms with Gasteiger partial charge in [-0.2, -0.15) is 0 Å². The lowest BCUT2D eigenvalue weighted by atomic mass is 10.0. The average molecular weight is 285 g/mol. The summed E-state index contributed by atoms with van der Waals surface area (Å²) >= 11 is 1.94. The molecule has 1 nitrogen and oxygen atoms in total. The number of hydrogen-bond acceptors (Lipinski definition) is 2. The van der Waals surface area contributed by atoms with Crippen LogP contribution < -0.4 is 5.32 Å². The Labute approximate surface area is 126 Å². The number of benzene rings is 1. The van der Waals surface area contributed by atoms with Crippen LogP contribution in [0.3, 0.4) is 0 Å². The van der Waals surface area contributed by atoms with Crippen LogP contribution in [0.5, 0.6) is 0 Å². The van der Waals surface area contributed by atoms with Crippen molar-refractivity contribution in [2.45, 2.75) is 38.6 Å². The summed E-state index contributed by atoms with van der Waals surface area (Å²) in [6.07, 6.45) is 2.75. The topological polar surface area (TPSA) is 12.0 Å². The van der Waals surface area contributed by atoms with Crippen molar-refractivity contribution < 1.29 is 0 Å². The predicted molar refractivity (Wildman–Crippen MR) is 88.4 cm³/mol. The Kier molecular flexibility index (Phi) is 3.95. The minimum Gasteiger partial charge on any atom is -0.312 e. The molecule has 2 heteroatoms. The first-order valence-corrected chi connectivity index (χ1v) is 8.38. The summed E-state index contributed by atoms with van der Waals surface area (Å²) in [5.41, 5.74) is 2.76. The van der Waals surface area contributed by atoms with E-state index < -0.39 is 0 Å². The third-order valence-corrected chi connectivity index (χ3v) is 5.42. The average Bonchev–Trinajstić information content (AvgIpc) is 3.17. The lowest BCUT2D eigenvalue weighted by Crippen LogP contribution is -2.16. The summed E-state index contributed by atoms with van der Waals surface area (Å²) in [6.45, 7) is 4.48. The smallest absolute Gasteiger partial charge is 0.0441 e. The standard InChI is InChI=1S/C18H23NS/c1-12(2)13-4-6-14(7-5-13)16-10-11-17(20-16)18(19-3)15-8-9-15/h4-7,10-12,15,18-19H,8-9H2,1-3H3. The van der Waals surface area contributed by atoms with Crippen LogP contribution in [0.25, 0.3) is 10.4 Å². The number of hydrogen-bond donors (Lipinski definition) is 1. The van der Waals surface area contributed by atoms with Crippen LogP contribution in [0.2, 0.25) is 0 Å². The molecule has 0 spiro atoms. The highest BCUT2D eigenvalue weighted by Crippen LogP contribution is 2.44. The second-order valence-electron chi connectivity index (χ2n) is 6.08. The van der Waals surface area contributed by atoms with Gasteiger partial charge in [0.25, 0.3) is 0 Å². The Morgan fingerprint density at radius 3 is 2.30 bits per heavy atom. The van der Waals surface area contributed by atoms with Gasteiger partial charge in [-0.1, -0.05) is 38.1 Å². The quantitative estimate of drug-likeness (QED) is 0.795. The van der Waals surface area contributed by atoms with Crippen LogP contribution in [-0.2, 0) is 0 Å². The second-order valence-corrected chi connectivity index (χ2v) is 7.20. The maximum absolute atomic E-state index is 3.48. The van der Waals surface area contributed by atoms with Gasteiger partial charge in [-0.15, -0.1) is 11.3 Å². The third-order valence-electron chi connectivity index (χ3n) is 4.20. The molecule has 3 rings (SSSR count). The molecule has 2 aromatic rings. The molecule has 20 heavy (non-hydrogen) atoms. The summed E-state index contributed by atoms with van der Waals surface area (Å²) in [5, 5.41) is 3.48. The molecule has 1 aliphatic carbocycles. The molecule has 0 amide bonds. The van der Waals surface area contributed by atoms with Crippen molar-refractivity contribution in [3.8, 4) is 10.4 Å². The highest BCUT2D eigenvalue weighted by molar-refractivity contribution is 7.15. The van der Waals surface area contributed by atoms with E-state index in [1.54, 1.807) is 0 Å². The molecule has 106 valence electrons. The molecule has 1 unspecified atom stereocenters. The van der Waals surface area contributed by atoms with Crippen LogP contribution in [0.15, 0.2) is 36.4 Å². The molecule has 1 aliphatic rings. The fourth-order valence-corrected chi connectivity index (χ4v) is 3.96. The molecule has 0 saturated heterocycles. The second kappa shape index (κ2) is 5.71. The van der Waals surface area contributed by atoms with Gasteiger partial charge in [-0.05, 0) is 55.0 Å². The summed E-state index contributed by atoms with van der Waals surface area (Å²) < 4.78 is 0. The zero-order chi connectivity index (χ0) is 14.1. The van der Waals surface area contributed by atoms with Crippen LogP contribution in [0.4, 0.5) is 0 Å². The fourth-order valence-electron chi connectivity index (χ4n) is 2.75. The first kappa shape index (κ1) is 13.8. The van der Waals surface area contributed by atoms with E-state index in [0.717, 1.165) is 5.92 Å². The Morgan fingerprint density at radius 2 is 1.75 bits per heavy atom. The highest BCUT2D eigenvalue weighted by atomic mass is 32.1. The monoisotopic (exact) mass is 285 g/mol. The largest absolute Gasteiger partial charge is 0.312 e. The molecule has 1 N–H and O–H groups in total. The van der Waals surface area contributed by atoms with Crippen molar-refractivity contribution in [2.24, 2.45) is 5.92 Å². The van der Waals surface area contributed by atoms with Crippen LogP contribution in [0, 0.1) is 5.92 Å². The van der Waals surface area contributed by atoms with Crippen molar-refractivity contribution >= 4 is 11.3 Å². The van der Waals surface area contributed by atoms with E-state index in [4.69, 9.17) is 0 Å². The van der Waals surface area contributed by atoms with Gasteiger partial charge < -0.3 is 5.32 Å². The van der Waals surface area contributed by atoms with Gasteiger partial charge in [-0.3, -0.25) is 0 Å². The number of thiophene rings is 1. The highest BCUT2D eigenvalue weighted by Gasteiger charge is 2.32. The molecular formula is C18H23NS. The van der Waals surface area contributed by atoms with Crippen molar-refractivity contribution in [1.82, 2.24) is 5.32 Å². The first-order valence-electron chi connectivity index (χ1n) is 7.56. The van der Waals surface area contributed by atoms with Gasteiger partial charge in [0.1, 0.15) is 0 Å². The summed E-state index contributed by atoms with van der Waals surface area (Å²) in [4.78, 5) is 2.87. The van der Waals surface area contributed by atoms with Gasteiger partial charge in [-0.25, -0.2) is 0 Å². The van der Waals surface area contributed by atoms with Gasteiger partial charge in [0.05, 0.1) is 0 Å². The van der Waals surface area contributed by atoms with Crippen LogP contribution in [-0.4, -0.2) is 7.05 Å². The summed E-state index contributed by atoms with van der Waals surface area (Å²) in [5.74, 6) is 1.46. The number of rotatable bonds is 5. The maximum Gasteiger partial charge on any atom is 0.0441 e. The predicted octanol–water partition coefficient (Wildman–Crippen LogP) is 5.21. The normalized spacial score (nSPS) is 16.6. The van der Waals surface area contributed by atoms with E-state index in [1.807, 2.05) is 11.3 Å². The van der Waals surface area contributed by atoms with E-state index in [1.165, 1.54) is 33.7 Å². The third kappa shape index (κ3) is 2.82. The molecule has 1 heterocycles. The van der Waals surface area contributed by atoms with E-state index in [9.17, 15) is 0 Å². The molecule has 1 aromatic carbocycles. The van der Waals surface area contributed by atoms with Gasteiger partial charge in [0.2, 0.25) is 0 Å². The molecular weight excluding hydrogens is 262 g/mol. The Bertz CT molecular complexity index is 563. The Hall–Kier alpha value is -1.12. The molecule has 1 fully saturated rings. The zero-order valence-electron chi connectivity index (χ0n) is 12.5. The Morgan fingerprint density at radius 1 is 1.05 bits per heavy atom. The lowest BCUT2D eigenvalue weighted by molar-refractivity contribution is 0.537. The van der Waals surface area contributed by atoms with E-state index >= 15 is 0 Å². The van der Waals surface area contributed by atoms with Gasteiger partial charge in [0.15, 0.2) is 0 Å². The SMILES string of the molecule is CNC(c1ccc(-c2ccc(C(C)C)cc2)s1)C1CC1. The van der Waals surface area contributed by atoms with E-state index in [2.05, 4.69) is 62.6 Å². The van der Waals surface area contributed by atoms with E-state index in [-0.39, 0.29) is 0 Å². The molecule has 0 aliphatic heterocycles. The zero-order valence-corrected chi connectivity index (χ0v) is 13.3. The van der Waals surface area contributed by atoms with Crippen molar-refractivity contribution in [3.05, 3.63) is 46.8 Å². The molecule has 0 radical (unpaired) electrons. The summed E-state index contributed by atoms with van der Waals surface area (Å²) in [6, 6.07) is 14.2. The van der Waals surface area contributed by atoms with Crippen LogP contribution >= 0.6 is 11.3 Å².